The van der Waals surface area contributed by atoms with Gasteiger partial charge in [-0.15, -0.1) is 0 Å². The normalized spacial score (nSPS) is 23.9. The Balaban J connectivity index is 2.16. The van der Waals surface area contributed by atoms with E-state index in [1.54, 1.807) is 6.07 Å². The molecular weight excluding hydrogens is 329 g/mol. The summed E-state index contributed by atoms with van der Waals surface area (Å²) in [5.74, 6) is -0.419. The predicted octanol–water partition coefficient (Wildman–Crippen LogP) is 1.82. The Morgan fingerprint density at radius 3 is 2.77 bits per heavy atom. The molecule has 0 bridgehead atoms. The fraction of sp³-hybridized carbons (Fsp3) is 0.571. The van der Waals surface area contributed by atoms with Gasteiger partial charge in [0.1, 0.15) is 5.82 Å². The maximum atomic E-state index is 13.8. The van der Waals surface area contributed by atoms with Gasteiger partial charge in [-0.05, 0) is 24.5 Å². The van der Waals surface area contributed by atoms with Gasteiger partial charge in [-0.1, -0.05) is 24.6 Å². The van der Waals surface area contributed by atoms with E-state index < -0.39 is 16.0 Å². The first-order chi connectivity index (χ1) is 10.2. The lowest BCUT2D eigenvalue weighted by atomic mass is 9.96. The van der Waals surface area contributed by atoms with E-state index in [1.165, 1.54) is 23.5 Å². The molecule has 22 heavy (non-hydrogen) atoms. The summed E-state index contributed by atoms with van der Waals surface area (Å²) in [4.78, 5) is 0. The van der Waals surface area contributed by atoms with Crippen molar-refractivity contribution in [3.63, 3.8) is 0 Å². The lowest BCUT2D eigenvalue weighted by Gasteiger charge is -2.36. The van der Waals surface area contributed by atoms with Crippen LogP contribution in [-0.4, -0.2) is 43.2 Å². The Morgan fingerprint density at radius 1 is 1.50 bits per heavy atom. The Labute approximate surface area is 136 Å². The van der Waals surface area contributed by atoms with Crippen LogP contribution < -0.4 is 5.73 Å². The van der Waals surface area contributed by atoms with E-state index in [9.17, 15) is 12.8 Å². The van der Waals surface area contributed by atoms with Crippen LogP contribution in [0.4, 0.5) is 4.39 Å². The molecule has 2 rings (SSSR count). The van der Waals surface area contributed by atoms with E-state index >= 15 is 0 Å². The summed E-state index contributed by atoms with van der Waals surface area (Å²) in [6.45, 7) is 2.58. The minimum absolute atomic E-state index is 0.0118. The first-order valence-electron chi connectivity index (χ1n) is 7.13. The summed E-state index contributed by atoms with van der Waals surface area (Å²) >= 11 is 5.96. The van der Waals surface area contributed by atoms with Gasteiger partial charge in [0, 0.05) is 43.3 Å². The largest absolute Gasteiger partial charge is 0.327 e. The molecule has 2 unspecified atom stereocenters. The van der Waals surface area contributed by atoms with Crippen molar-refractivity contribution in [1.82, 2.24) is 8.61 Å². The summed E-state index contributed by atoms with van der Waals surface area (Å²) < 4.78 is 41.6. The van der Waals surface area contributed by atoms with E-state index in [4.69, 9.17) is 17.3 Å². The molecule has 0 saturated carbocycles. The maximum absolute atomic E-state index is 13.8. The predicted molar refractivity (Wildman–Crippen MR) is 85.1 cm³/mol. The number of nitrogens with two attached hydrogens (primary N) is 1. The molecule has 1 saturated heterocycles. The van der Waals surface area contributed by atoms with E-state index in [0.29, 0.717) is 19.5 Å². The number of hydrogen-bond acceptors (Lipinski definition) is 3. The second-order valence-corrected chi connectivity index (χ2v) is 8.19. The van der Waals surface area contributed by atoms with Gasteiger partial charge in [-0.3, -0.25) is 0 Å². The summed E-state index contributed by atoms with van der Waals surface area (Å²) in [5.41, 5.74) is 6.10. The molecule has 2 atom stereocenters. The first kappa shape index (κ1) is 17.6. The van der Waals surface area contributed by atoms with Crippen LogP contribution >= 0.6 is 11.6 Å². The Kier molecular flexibility index (Phi) is 5.45. The number of halogens is 2. The van der Waals surface area contributed by atoms with Gasteiger partial charge in [-0.25, -0.2) is 4.39 Å². The smallest absolute Gasteiger partial charge is 0.282 e. The second kappa shape index (κ2) is 6.80. The highest BCUT2D eigenvalue weighted by molar-refractivity contribution is 7.86. The molecule has 0 aliphatic carbocycles. The van der Waals surface area contributed by atoms with Crippen LogP contribution in [0, 0.1) is 11.7 Å². The van der Waals surface area contributed by atoms with E-state index in [2.05, 4.69) is 0 Å². The molecule has 0 spiro atoms. The maximum Gasteiger partial charge on any atom is 0.282 e. The van der Waals surface area contributed by atoms with Gasteiger partial charge in [0.25, 0.3) is 10.2 Å². The third kappa shape index (κ3) is 3.60. The summed E-state index contributed by atoms with van der Waals surface area (Å²) in [6.07, 6.45) is 0.620. The highest BCUT2D eigenvalue weighted by atomic mass is 35.5. The molecule has 5 nitrogen and oxygen atoms in total. The topological polar surface area (TPSA) is 66.6 Å². The van der Waals surface area contributed by atoms with Gasteiger partial charge < -0.3 is 5.73 Å². The molecule has 1 aliphatic heterocycles. The molecule has 1 fully saturated rings. The fourth-order valence-corrected chi connectivity index (χ4v) is 4.19. The van der Waals surface area contributed by atoms with Gasteiger partial charge >= 0.3 is 0 Å². The number of rotatable bonds is 4. The number of benzene rings is 1. The minimum Gasteiger partial charge on any atom is -0.327 e. The van der Waals surface area contributed by atoms with Gasteiger partial charge in [0.15, 0.2) is 0 Å². The molecule has 0 amide bonds. The van der Waals surface area contributed by atoms with Crippen LogP contribution in [0.25, 0.3) is 0 Å². The van der Waals surface area contributed by atoms with Crippen molar-refractivity contribution in [1.29, 1.82) is 0 Å². The molecule has 0 radical (unpaired) electrons. The molecule has 1 aliphatic rings. The van der Waals surface area contributed by atoms with E-state index in [1.807, 2.05) is 6.92 Å². The minimum atomic E-state index is -3.66. The fourth-order valence-electron chi connectivity index (χ4n) is 2.52. The van der Waals surface area contributed by atoms with Gasteiger partial charge in [0.2, 0.25) is 0 Å². The Bertz CT molecular complexity index is 621. The number of piperidine rings is 1. The van der Waals surface area contributed by atoms with E-state index in [-0.39, 0.29) is 29.1 Å². The molecule has 0 aromatic heterocycles. The van der Waals surface area contributed by atoms with Crippen molar-refractivity contribution in [3.8, 4) is 0 Å². The second-order valence-electron chi connectivity index (χ2n) is 5.75. The summed E-state index contributed by atoms with van der Waals surface area (Å²) in [6, 6.07) is 4.31. The van der Waals surface area contributed by atoms with Crippen molar-refractivity contribution in [2.75, 3.05) is 20.1 Å². The standard InChI is InChI=1S/C14H21ClFN3O2S/c1-10-8-19(7-6-14(10)17)22(20,21)18(2)9-11-12(15)4-3-5-13(11)16/h3-5,10,14H,6-9,17H2,1-2H3. The van der Waals surface area contributed by atoms with Crippen LogP contribution in [0.2, 0.25) is 5.02 Å². The summed E-state index contributed by atoms with van der Waals surface area (Å²) in [5, 5.41) is 0.219. The van der Waals surface area contributed by atoms with Crippen LogP contribution in [0.1, 0.15) is 18.9 Å². The van der Waals surface area contributed by atoms with Crippen molar-refractivity contribution in [2.45, 2.75) is 25.9 Å². The Morgan fingerprint density at radius 2 is 2.18 bits per heavy atom. The van der Waals surface area contributed by atoms with Crippen molar-refractivity contribution < 1.29 is 12.8 Å². The molecule has 8 heteroatoms. The number of nitrogens with zero attached hydrogens (tertiary/aromatic N) is 2. The highest BCUT2D eigenvalue weighted by Gasteiger charge is 2.33. The molecule has 1 aromatic carbocycles. The highest BCUT2D eigenvalue weighted by Crippen LogP contribution is 2.24. The first-order valence-corrected chi connectivity index (χ1v) is 8.91. The monoisotopic (exact) mass is 349 g/mol. The van der Waals surface area contributed by atoms with Crippen LogP contribution in [0.15, 0.2) is 18.2 Å². The average Bonchev–Trinajstić information content (AvgIpc) is 2.45. The Hall–Kier alpha value is -0.730. The zero-order chi connectivity index (χ0) is 16.5. The SMILES string of the molecule is CC1CN(S(=O)(=O)N(C)Cc2c(F)cccc2Cl)CCC1N. The van der Waals surface area contributed by atoms with Crippen molar-refractivity contribution in [3.05, 3.63) is 34.6 Å². The number of hydrogen-bond donors (Lipinski definition) is 1. The van der Waals surface area contributed by atoms with Gasteiger partial charge in [-0.2, -0.15) is 17.0 Å². The van der Waals surface area contributed by atoms with Crippen LogP contribution in [-0.2, 0) is 16.8 Å². The molecular formula is C14H21ClFN3O2S. The van der Waals surface area contributed by atoms with E-state index in [0.717, 1.165) is 4.31 Å². The zero-order valence-corrected chi connectivity index (χ0v) is 14.2. The lowest BCUT2D eigenvalue weighted by molar-refractivity contribution is 0.236. The van der Waals surface area contributed by atoms with Crippen LogP contribution in [0.3, 0.4) is 0 Å². The third-order valence-corrected chi connectivity index (χ3v) is 6.35. The molecule has 1 aromatic rings. The quantitative estimate of drug-likeness (QED) is 0.901. The molecule has 2 N–H and O–H groups in total. The zero-order valence-electron chi connectivity index (χ0n) is 12.7. The van der Waals surface area contributed by atoms with Crippen LogP contribution in [0.5, 0.6) is 0 Å². The van der Waals surface area contributed by atoms with Crippen molar-refractivity contribution >= 4 is 21.8 Å². The summed E-state index contributed by atoms with van der Waals surface area (Å²) in [7, 11) is -2.24. The van der Waals surface area contributed by atoms with Gasteiger partial charge in [0.05, 0.1) is 0 Å². The molecule has 1 heterocycles. The molecule has 124 valence electrons. The third-order valence-electron chi connectivity index (χ3n) is 4.10. The average molecular weight is 350 g/mol. The van der Waals surface area contributed by atoms with Crippen molar-refractivity contribution in [2.24, 2.45) is 11.7 Å². The lowest BCUT2D eigenvalue weighted by Crippen LogP contribution is -2.51.